The lowest BCUT2D eigenvalue weighted by Crippen LogP contribution is -2.15. The van der Waals surface area contributed by atoms with Gasteiger partial charge in [-0.15, -0.1) is 0 Å². The molecule has 5 nitrogen and oxygen atoms in total. The minimum Gasteiger partial charge on any atom is -0.338 e. The topological polar surface area (TPSA) is 59.8 Å². The van der Waals surface area contributed by atoms with Crippen LogP contribution in [0.1, 0.15) is 64.7 Å². The maximum absolute atomic E-state index is 12.7. The maximum Gasteiger partial charge on any atom is 0.274 e. The number of imidazole rings is 1. The number of carbonyl (C=O) groups is 1. The van der Waals surface area contributed by atoms with Gasteiger partial charge >= 0.3 is 0 Å². The van der Waals surface area contributed by atoms with Gasteiger partial charge in [-0.25, -0.2) is 9.97 Å². The Morgan fingerprint density at radius 2 is 2.11 bits per heavy atom. The molecule has 144 valence electrons. The van der Waals surface area contributed by atoms with Gasteiger partial charge in [-0.3, -0.25) is 4.79 Å². The predicted octanol–water partition coefficient (Wildman–Crippen LogP) is 4.60. The van der Waals surface area contributed by atoms with E-state index in [1.807, 2.05) is 54.3 Å². The smallest absolute Gasteiger partial charge is 0.274 e. The van der Waals surface area contributed by atoms with Crippen LogP contribution in [0.2, 0.25) is 0 Å². The van der Waals surface area contributed by atoms with E-state index in [9.17, 15) is 4.79 Å². The molecule has 1 aliphatic rings. The third-order valence-corrected chi connectivity index (χ3v) is 5.46. The van der Waals surface area contributed by atoms with Gasteiger partial charge in [0.05, 0.1) is 0 Å². The molecule has 0 bridgehead atoms. The number of nitrogens with zero attached hydrogens (tertiary/aromatic N) is 3. The minimum atomic E-state index is -0.157. The van der Waals surface area contributed by atoms with Crippen LogP contribution in [0.25, 0.3) is 0 Å². The molecule has 2 heterocycles. The molecule has 1 fully saturated rings. The number of aromatic nitrogens is 3. The van der Waals surface area contributed by atoms with Gasteiger partial charge in [-0.1, -0.05) is 25.1 Å². The first-order valence-corrected chi connectivity index (χ1v) is 9.86. The molecular formula is C23H26N4O. The first kappa shape index (κ1) is 18.4. The highest BCUT2D eigenvalue weighted by Gasteiger charge is 2.27. The van der Waals surface area contributed by atoms with Crippen molar-refractivity contribution in [3.8, 4) is 0 Å². The quantitative estimate of drug-likeness (QED) is 0.686. The van der Waals surface area contributed by atoms with E-state index in [0.717, 1.165) is 23.6 Å². The van der Waals surface area contributed by atoms with Crippen molar-refractivity contribution in [2.75, 3.05) is 5.32 Å². The molecule has 0 saturated heterocycles. The lowest BCUT2D eigenvalue weighted by Gasteiger charge is -2.14. The van der Waals surface area contributed by atoms with Crippen molar-refractivity contribution in [1.82, 2.24) is 14.5 Å². The van der Waals surface area contributed by atoms with Gasteiger partial charge in [-0.05, 0) is 55.0 Å². The number of nitrogens with one attached hydrogen (secondary N) is 1. The molecule has 5 heteroatoms. The number of anilines is 1. The molecule has 28 heavy (non-hydrogen) atoms. The van der Waals surface area contributed by atoms with Crippen LogP contribution in [0.5, 0.6) is 0 Å². The van der Waals surface area contributed by atoms with E-state index in [2.05, 4.69) is 35.2 Å². The number of pyridine rings is 1. The third-order valence-electron chi connectivity index (χ3n) is 5.46. The molecule has 0 aliphatic heterocycles. The Morgan fingerprint density at radius 1 is 1.29 bits per heavy atom. The second-order valence-electron chi connectivity index (χ2n) is 7.81. The summed E-state index contributed by atoms with van der Waals surface area (Å²) < 4.78 is 2.04. The van der Waals surface area contributed by atoms with Crippen LogP contribution in [0.4, 0.5) is 5.69 Å². The van der Waals surface area contributed by atoms with Crippen molar-refractivity contribution < 1.29 is 4.79 Å². The Kier molecular flexibility index (Phi) is 4.99. The number of carbonyl (C=O) groups excluding carboxylic acids is 1. The Bertz CT molecular complexity index is 1000. The van der Waals surface area contributed by atoms with Crippen molar-refractivity contribution in [1.29, 1.82) is 0 Å². The molecular weight excluding hydrogens is 348 g/mol. The summed E-state index contributed by atoms with van der Waals surface area (Å²) in [7, 11) is 2.01. The van der Waals surface area contributed by atoms with E-state index in [4.69, 9.17) is 0 Å². The molecule has 1 aromatic carbocycles. The second kappa shape index (κ2) is 7.58. The number of amides is 1. The fourth-order valence-electron chi connectivity index (χ4n) is 3.54. The Balaban J connectivity index is 1.48. The zero-order valence-electron chi connectivity index (χ0n) is 16.6. The molecule has 3 aromatic rings. The fraction of sp³-hybridized carbons (Fsp3) is 0.348. The SMILES string of the molecule is Cc1ccc(C(=O)Nc2cccc([C@H](C)Cc3nccn3C)c2)nc1C1CC1. The number of hydrogen-bond donors (Lipinski definition) is 1. The third kappa shape index (κ3) is 3.98. The number of hydrogen-bond acceptors (Lipinski definition) is 3. The first-order chi connectivity index (χ1) is 13.5. The van der Waals surface area contributed by atoms with Crippen molar-refractivity contribution >= 4 is 11.6 Å². The van der Waals surface area contributed by atoms with E-state index >= 15 is 0 Å². The number of rotatable bonds is 6. The van der Waals surface area contributed by atoms with Gasteiger partial charge in [0.1, 0.15) is 11.5 Å². The highest BCUT2D eigenvalue weighted by atomic mass is 16.1. The van der Waals surface area contributed by atoms with Gasteiger partial charge in [0.15, 0.2) is 0 Å². The highest BCUT2D eigenvalue weighted by molar-refractivity contribution is 6.03. The molecule has 1 atom stereocenters. The summed E-state index contributed by atoms with van der Waals surface area (Å²) in [6.45, 7) is 4.24. The summed E-state index contributed by atoms with van der Waals surface area (Å²) in [6.07, 6.45) is 6.99. The van der Waals surface area contributed by atoms with Crippen LogP contribution in [-0.2, 0) is 13.5 Å². The van der Waals surface area contributed by atoms with Crippen LogP contribution in [0, 0.1) is 6.92 Å². The average molecular weight is 374 g/mol. The standard InChI is InChI=1S/C23H26N4O/c1-15-7-10-20(26-22(15)17-8-9-17)23(28)25-19-6-4-5-18(14-19)16(2)13-21-24-11-12-27(21)3/h4-7,10-12,14,16-17H,8-9,13H2,1-3H3,(H,25,28)/t16-/m1/s1. The highest BCUT2D eigenvalue weighted by Crippen LogP contribution is 2.40. The van der Waals surface area contributed by atoms with E-state index in [1.165, 1.54) is 24.0 Å². The summed E-state index contributed by atoms with van der Waals surface area (Å²) in [5.74, 6) is 1.73. The number of aryl methyl sites for hydroxylation is 2. The van der Waals surface area contributed by atoms with Crippen molar-refractivity contribution in [3.05, 3.63) is 77.1 Å². The summed E-state index contributed by atoms with van der Waals surface area (Å²) in [5.41, 5.74) is 4.70. The monoisotopic (exact) mass is 374 g/mol. The Labute approximate surface area is 165 Å². The molecule has 1 amide bonds. The van der Waals surface area contributed by atoms with Crippen LogP contribution >= 0.6 is 0 Å². The van der Waals surface area contributed by atoms with Crippen LogP contribution < -0.4 is 5.32 Å². The molecule has 1 aliphatic carbocycles. The van der Waals surface area contributed by atoms with Gasteiger partial charge in [0.2, 0.25) is 0 Å². The Morgan fingerprint density at radius 3 is 2.82 bits per heavy atom. The molecule has 0 unspecified atom stereocenters. The predicted molar refractivity (Wildman–Crippen MR) is 111 cm³/mol. The van der Waals surface area contributed by atoms with Gasteiger partial charge in [0, 0.05) is 43.2 Å². The van der Waals surface area contributed by atoms with Crippen molar-refractivity contribution in [2.24, 2.45) is 7.05 Å². The summed E-state index contributed by atoms with van der Waals surface area (Å²) >= 11 is 0. The van der Waals surface area contributed by atoms with Crippen LogP contribution in [-0.4, -0.2) is 20.4 Å². The zero-order chi connectivity index (χ0) is 19.7. The van der Waals surface area contributed by atoms with E-state index < -0.39 is 0 Å². The van der Waals surface area contributed by atoms with Crippen LogP contribution in [0.3, 0.4) is 0 Å². The van der Waals surface area contributed by atoms with Gasteiger partial charge in [0.25, 0.3) is 5.91 Å². The van der Waals surface area contributed by atoms with E-state index in [0.29, 0.717) is 17.5 Å². The first-order valence-electron chi connectivity index (χ1n) is 9.86. The molecule has 0 spiro atoms. The Hall–Kier alpha value is -2.95. The lowest BCUT2D eigenvalue weighted by molar-refractivity contribution is 0.102. The molecule has 2 aromatic heterocycles. The molecule has 0 radical (unpaired) electrons. The summed E-state index contributed by atoms with van der Waals surface area (Å²) in [4.78, 5) is 21.8. The average Bonchev–Trinajstić information content (AvgIpc) is 3.45. The minimum absolute atomic E-state index is 0.157. The molecule has 1 saturated carbocycles. The molecule has 4 rings (SSSR count). The van der Waals surface area contributed by atoms with E-state index in [1.54, 1.807) is 0 Å². The largest absolute Gasteiger partial charge is 0.338 e. The van der Waals surface area contributed by atoms with Gasteiger partial charge < -0.3 is 9.88 Å². The van der Waals surface area contributed by atoms with Crippen LogP contribution in [0.15, 0.2) is 48.8 Å². The fourth-order valence-corrected chi connectivity index (χ4v) is 3.54. The molecule has 1 N–H and O–H groups in total. The normalized spacial score (nSPS) is 14.7. The summed E-state index contributed by atoms with van der Waals surface area (Å²) in [5, 5.41) is 3.01. The lowest BCUT2D eigenvalue weighted by atomic mass is 9.97. The number of benzene rings is 1. The van der Waals surface area contributed by atoms with Crippen molar-refractivity contribution in [2.45, 2.75) is 44.9 Å². The van der Waals surface area contributed by atoms with E-state index in [-0.39, 0.29) is 5.91 Å². The summed E-state index contributed by atoms with van der Waals surface area (Å²) in [6, 6.07) is 11.9. The second-order valence-corrected chi connectivity index (χ2v) is 7.81. The maximum atomic E-state index is 12.7. The van der Waals surface area contributed by atoms with Gasteiger partial charge in [-0.2, -0.15) is 0 Å². The zero-order valence-corrected chi connectivity index (χ0v) is 16.6. The van der Waals surface area contributed by atoms with Crippen molar-refractivity contribution in [3.63, 3.8) is 0 Å².